The van der Waals surface area contributed by atoms with Crippen molar-refractivity contribution in [2.24, 2.45) is 0 Å². The molecular formula is C15H26N4O3S. The maximum atomic E-state index is 11.9. The van der Waals surface area contributed by atoms with Crippen LogP contribution in [0.4, 0.5) is 10.5 Å². The van der Waals surface area contributed by atoms with E-state index in [1.807, 2.05) is 20.8 Å². The maximum Gasteiger partial charge on any atom is 0.407 e. The molecule has 0 aliphatic carbocycles. The molecule has 2 N–H and O–H groups in total. The highest BCUT2D eigenvalue weighted by Crippen LogP contribution is 2.06. The van der Waals surface area contributed by atoms with Crippen LogP contribution in [0, 0.1) is 0 Å². The van der Waals surface area contributed by atoms with Gasteiger partial charge in [0.1, 0.15) is 5.60 Å². The number of nitrogens with zero attached hydrogens (tertiary/aromatic N) is 2. The molecule has 1 aromatic heterocycles. The van der Waals surface area contributed by atoms with Crippen LogP contribution in [0.2, 0.25) is 0 Å². The lowest BCUT2D eigenvalue weighted by atomic mass is 10.2. The molecule has 1 aromatic rings. The minimum absolute atomic E-state index is 0.133. The highest BCUT2D eigenvalue weighted by Gasteiger charge is 2.15. The third kappa shape index (κ3) is 8.49. The second kappa shape index (κ2) is 9.44. The first-order valence-electron chi connectivity index (χ1n) is 7.67. The number of ether oxygens (including phenoxy) is 1. The number of aromatic nitrogens is 2. The van der Waals surface area contributed by atoms with Crippen molar-refractivity contribution < 1.29 is 9.53 Å². The minimum Gasteiger partial charge on any atom is -0.444 e. The van der Waals surface area contributed by atoms with Crippen LogP contribution in [0.3, 0.4) is 0 Å². The van der Waals surface area contributed by atoms with Gasteiger partial charge in [0.05, 0.1) is 18.4 Å². The van der Waals surface area contributed by atoms with Crippen molar-refractivity contribution in [3.8, 4) is 0 Å². The van der Waals surface area contributed by atoms with E-state index in [-0.39, 0.29) is 5.56 Å². The number of aryl methyl sites for hydroxylation is 1. The van der Waals surface area contributed by atoms with Crippen LogP contribution in [-0.2, 0) is 11.3 Å². The van der Waals surface area contributed by atoms with E-state index in [9.17, 15) is 9.59 Å². The van der Waals surface area contributed by atoms with E-state index < -0.39 is 11.7 Å². The SMILES string of the molecule is CCSCCn1ncc(NCCNC(=O)OC(C)(C)C)cc1=O. The predicted octanol–water partition coefficient (Wildman–Crippen LogP) is 1.93. The zero-order valence-corrected chi connectivity index (χ0v) is 15.0. The standard InChI is InChI=1S/C15H26N4O3S/c1-5-23-9-8-19-13(20)10-12(11-18-19)16-6-7-17-14(21)22-15(2,3)4/h10-11,16H,5-9H2,1-4H3,(H,17,21). The molecule has 130 valence electrons. The van der Waals surface area contributed by atoms with Crippen molar-refractivity contribution in [3.63, 3.8) is 0 Å². The second-order valence-corrected chi connectivity index (χ2v) is 7.25. The third-order valence-electron chi connectivity index (χ3n) is 2.64. The molecule has 0 spiro atoms. The molecule has 0 aliphatic heterocycles. The Morgan fingerprint density at radius 3 is 2.74 bits per heavy atom. The molecule has 0 saturated heterocycles. The molecule has 0 fully saturated rings. The lowest BCUT2D eigenvalue weighted by Gasteiger charge is -2.19. The lowest BCUT2D eigenvalue weighted by molar-refractivity contribution is 0.0530. The molecule has 1 heterocycles. The number of amides is 1. The molecule has 0 aromatic carbocycles. The number of carbonyl (C=O) groups excluding carboxylic acids is 1. The fourth-order valence-corrected chi connectivity index (χ4v) is 2.27. The van der Waals surface area contributed by atoms with Gasteiger partial charge in [-0.2, -0.15) is 16.9 Å². The van der Waals surface area contributed by atoms with Crippen LogP contribution < -0.4 is 16.2 Å². The fraction of sp³-hybridized carbons (Fsp3) is 0.667. The maximum absolute atomic E-state index is 11.9. The van der Waals surface area contributed by atoms with Crippen molar-refractivity contribution in [2.45, 2.75) is 39.8 Å². The van der Waals surface area contributed by atoms with Gasteiger partial charge in [-0.3, -0.25) is 4.79 Å². The van der Waals surface area contributed by atoms with E-state index in [4.69, 9.17) is 4.74 Å². The average Bonchev–Trinajstić information content (AvgIpc) is 2.44. The van der Waals surface area contributed by atoms with Crippen molar-refractivity contribution >= 4 is 23.5 Å². The summed E-state index contributed by atoms with van der Waals surface area (Å²) in [6, 6.07) is 1.51. The Balaban J connectivity index is 2.34. The van der Waals surface area contributed by atoms with E-state index in [2.05, 4.69) is 22.7 Å². The Bertz CT molecular complexity index is 554. The van der Waals surface area contributed by atoms with Gasteiger partial charge in [-0.1, -0.05) is 6.92 Å². The Labute approximate surface area is 141 Å². The molecule has 0 saturated carbocycles. The quantitative estimate of drug-likeness (QED) is 0.702. The summed E-state index contributed by atoms with van der Waals surface area (Å²) in [5, 5.41) is 9.82. The summed E-state index contributed by atoms with van der Waals surface area (Å²) in [5.74, 6) is 1.90. The molecule has 8 heteroatoms. The van der Waals surface area contributed by atoms with Gasteiger partial charge >= 0.3 is 6.09 Å². The number of alkyl carbamates (subject to hydrolysis) is 1. The predicted molar refractivity (Wildman–Crippen MR) is 94.2 cm³/mol. The van der Waals surface area contributed by atoms with E-state index in [1.54, 1.807) is 18.0 Å². The number of nitrogens with one attached hydrogen (secondary N) is 2. The van der Waals surface area contributed by atoms with Crippen LogP contribution in [0.25, 0.3) is 0 Å². The van der Waals surface area contributed by atoms with Gasteiger partial charge in [-0.25, -0.2) is 9.48 Å². The van der Waals surface area contributed by atoms with Crippen LogP contribution in [0.15, 0.2) is 17.1 Å². The average molecular weight is 342 g/mol. The number of thioether (sulfide) groups is 1. The minimum atomic E-state index is -0.512. The molecule has 0 unspecified atom stereocenters. The Morgan fingerprint density at radius 2 is 2.13 bits per heavy atom. The monoisotopic (exact) mass is 342 g/mol. The Hall–Kier alpha value is -1.70. The van der Waals surface area contributed by atoms with Crippen LogP contribution in [-0.4, -0.2) is 46.1 Å². The van der Waals surface area contributed by atoms with Gasteiger partial charge < -0.3 is 15.4 Å². The summed E-state index contributed by atoms with van der Waals surface area (Å²) >= 11 is 1.77. The number of hydrogen-bond donors (Lipinski definition) is 2. The summed E-state index contributed by atoms with van der Waals surface area (Å²) in [4.78, 5) is 23.4. The van der Waals surface area contributed by atoms with Gasteiger partial charge in [0.2, 0.25) is 0 Å². The van der Waals surface area contributed by atoms with Crippen LogP contribution >= 0.6 is 11.8 Å². The molecule has 1 rings (SSSR count). The van der Waals surface area contributed by atoms with Gasteiger partial charge in [0.25, 0.3) is 5.56 Å². The molecule has 0 aliphatic rings. The molecule has 0 radical (unpaired) electrons. The lowest BCUT2D eigenvalue weighted by Crippen LogP contribution is -2.35. The van der Waals surface area contributed by atoms with Gasteiger partial charge in [0, 0.05) is 24.9 Å². The summed E-state index contributed by atoms with van der Waals surface area (Å²) in [6.45, 7) is 9.00. The van der Waals surface area contributed by atoms with Crippen molar-refractivity contribution in [2.75, 3.05) is 29.9 Å². The molecule has 0 bridgehead atoms. The second-order valence-electron chi connectivity index (χ2n) is 5.86. The van der Waals surface area contributed by atoms with Crippen molar-refractivity contribution in [1.82, 2.24) is 15.1 Å². The highest BCUT2D eigenvalue weighted by molar-refractivity contribution is 7.99. The van der Waals surface area contributed by atoms with Crippen molar-refractivity contribution in [1.29, 1.82) is 0 Å². The van der Waals surface area contributed by atoms with Crippen LogP contribution in [0.5, 0.6) is 0 Å². The van der Waals surface area contributed by atoms with E-state index in [0.29, 0.717) is 25.3 Å². The number of anilines is 1. The number of rotatable bonds is 8. The summed E-state index contributed by atoms with van der Waals surface area (Å²) in [6.07, 6.45) is 1.16. The molecule has 7 nitrogen and oxygen atoms in total. The first kappa shape index (κ1) is 19.3. The van der Waals surface area contributed by atoms with E-state index in [0.717, 1.165) is 11.5 Å². The first-order chi connectivity index (χ1) is 10.8. The summed E-state index contributed by atoms with van der Waals surface area (Å²) in [5.41, 5.74) is -0.00524. The van der Waals surface area contributed by atoms with E-state index >= 15 is 0 Å². The molecule has 1 amide bonds. The largest absolute Gasteiger partial charge is 0.444 e. The number of carbonyl (C=O) groups is 1. The Morgan fingerprint density at radius 1 is 1.39 bits per heavy atom. The smallest absolute Gasteiger partial charge is 0.407 e. The molecule has 23 heavy (non-hydrogen) atoms. The van der Waals surface area contributed by atoms with Crippen LogP contribution in [0.1, 0.15) is 27.7 Å². The zero-order chi connectivity index (χ0) is 17.3. The zero-order valence-electron chi connectivity index (χ0n) is 14.2. The topological polar surface area (TPSA) is 85.2 Å². The van der Waals surface area contributed by atoms with E-state index in [1.165, 1.54) is 10.7 Å². The third-order valence-corrected chi connectivity index (χ3v) is 3.52. The fourth-order valence-electron chi connectivity index (χ4n) is 1.68. The van der Waals surface area contributed by atoms with Gasteiger partial charge in [0.15, 0.2) is 0 Å². The normalized spacial score (nSPS) is 11.1. The van der Waals surface area contributed by atoms with Gasteiger partial charge in [-0.15, -0.1) is 0 Å². The van der Waals surface area contributed by atoms with Crippen molar-refractivity contribution in [3.05, 3.63) is 22.6 Å². The van der Waals surface area contributed by atoms with Gasteiger partial charge in [-0.05, 0) is 26.5 Å². The first-order valence-corrected chi connectivity index (χ1v) is 8.83. The highest BCUT2D eigenvalue weighted by atomic mass is 32.2. The number of hydrogen-bond acceptors (Lipinski definition) is 6. The molecule has 0 atom stereocenters. The summed E-state index contributed by atoms with van der Waals surface area (Å²) < 4.78 is 6.58. The Kier molecular flexibility index (Phi) is 7.94. The molecular weight excluding hydrogens is 316 g/mol. The summed E-state index contributed by atoms with van der Waals surface area (Å²) in [7, 11) is 0.